The van der Waals surface area contributed by atoms with E-state index in [1.165, 1.54) is 18.3 Å². The van der Waals surface area contributed by atoms with Gasteiger partial charge in [-0.05, 0) is 40.2 Å². The molecule has 1 aromatic heterocycles. The molecule has 0 saturated carbocycles. The van der Waals surface area contributed by atoms with Crippen LogP contribution in [0, 0.1) is 5.82 Å². The minimum atomic E-state index is -0.487. The van der Waals surface area contributed by atoms with Crippen molar-refractivity contribution in [3.05, 3.63) is 52.4 Å². The van der Waals surface area contributed by atoms with E-state index in [2.05, 4.69) is 25.9 Å². The first kappa shape index (κ1) is 11.7. The number of aromatic nitrogens is 1. The maximum Gasteiger partial charge on any atom is 0.166 e. The molecule has 1 heterocycles. The van der Waals surface area contributed by atoms with Gasteiger partial charge in [0.2, 0.25) is 0 Å². The third kappa shape index (κ3) is 2.88. The van der Waals surface area contributed by atoms with E-state index < -0.39 is 5.82 Å². The third-order valence-corrected chi connectivity index (χ3v) is 2.68. The number of phenols is 1. The van der Waals surface area contributed by atoms with Crippen LogP contribution in [0.2, 0.25) is 0 Å². The Kier molecular flexibility index (Phi) is 3.49. The van der Waals surface area contributed by atoms with E-state index in [1.54, 1.807) is 12.3 Å². The van der Waals surface area contributed by atoms with Crippen molar-refractivity contribution in [1.82, 2.24) is 4.98 Å². The highest BCUT2D eigenvalue weighted by atomic mass is 79.9. The molecule has 0 aliphatic heterocycles. The predicted octanol–water partition coefficient (Wildman–Crippen LogP) is 3.44. The first-order chi connectivity index (χ1) is 8.16. The summed E-state index contributed by atoms with van der Waals surface area (Å²) < 4.78 is 13.5. The second kappa shape index (κ2) is 5.05. The maximum absolute atomic E-state index is 12.8. The van der Waals surface area contributed by atoms with Gasteiger partial charge in [-0.15, -0.1) is 0 Å². The van der Waals surface area contributed by atoms with Crippen molar-refractivity contribution in [3.8, 4) is 5.75 Å². The Balaban J connectivity index is 2.29. The van der Waals surface area contributed by atoms with Crippen molar-refractivity contribution in [2.75, 3.05) is 0 Å². The molecule has 0 unspecified atom stereocenters. The average molecular weight is 295 g/mol. The van der Waals surface area contributed by atoms with Crippen molar-refractivity contribution in [1.29, 1.82) is 0 Å². The molecule has 1 N–H and O–H groups in total. The molecule has 3 nitrogen and oxygen atoms in total. The van der Waals surface area contributed by atoms with Gasteiger partial charge < -0.3 is 5.11 Å². The molecular formula is C12H8BrFN2O. The molecule has 17 heavy (non-hydrogen) atoms. The van der Waals surface area contributed by atoms with Gasteiger partial charge in [0.1, 0.15) is 11.6 Å². The van der Waals surface area contributed by atoms with E-state index in [0.717, 1.165) is 10.5 Å². The molecule has 5 heteroatoms. The van der Waals surface area contributed by atoms with Gasteiger partial charge in [0, 0.05) is 24.0 Å². The van der Waals surface area contributed by atoms with E-state index >= 15 is 0 Å². The lowest BCUT2D eigenvalue weighted by atomic mass is 10.2. The Hall–Kier alpha value is -1.75. The Morgan fingerprint density at radius 1 is 1.35 bits per heavy atom. The molecule has 2 rings (SSSR count). The van der Waals surface area contributed by atoms with Crippen LogP contribution in [0.4, 0.5) is 10.2 Å². The van der Waals surface area contributed by atoms with Crippen LogP contribution in [0.5, 0.6) is 5.75 Å². The molecule has 86 valence electrons. The second-order valence-electron chi connectivity index (χ2n) is 3.27. The topological polar surface area (TPSA) is 45.5 Å². The number of hydrogen-bond acceptors (Lipinski definition) is 3. The first-order valence-corrected chi connectivity index (χ1v) is 5.59. The molecule has 0 saturated heterocycles. The van der Waals surface area contributed by atoms with Crippen LogP contribution < -0.4 is 0 Å². The fourth-order valence-electron chi connectivity index (χ4n) is 1.23. The Bertz CT molecular complexity index is 572. The molecular weight excluding hydrogens is 287 g/mol. The quantitative estimate of drug-likeness (QED) is 0.863. The van der Waals surface area contributed by atoms with Gasteiger partial charge in [0.05, 0.1) is 4.47 Å². The predicted molar refractivity (Wildman–Crippen MR) is 67.3 cm³/mol. The van der Waals surface area contributed by atoms with Crippen molar-refractivity contribution < 1.29 is 9.50 Å². The van der Waals surface area contributed by atoms with E-state index in [0.29, 0.717) is 11.4 Å². The smallest absolute Gasteiger partial charge is 0.166 e. The van der Waals surface area contributed by atoms with Crippen molar-refractivity contribution in [2.45, 2.75) is 0 Å². The number of rotatable bonds is 2. The number of pyridine rings is 1. The number of halogens is 2. The average Bonchev–Trinajstić information content (AvgIpc) is 2.30. The first-order valence-electron chi connectivity index (χ1n) is 4.80. The third-order valence-electron chi connectivity index (χ3n) is 2.06. The number of phenolic OH excluding ortho intramolecular Hbond substituents is 1. The van der Waals surface area contributed by atoms with Gasteiger partial charge >= 0.3 is 0 Å². The fourth-order valence-corrected chi connectivity index (χ4v) is 1.59. The summed E-state index contributed by atoms with van der Waals surface area (Å²) in [5.74, 6) is -0.143. The molecule has 2 aromatic rings. The van der Waals surface area contributed by atoms with Crippen LogP contribution in [0.1, 0.15) is 5.56 Å². The minimum absolute atomic E-state index is 0.152. The maximum atomic E-state index is 12.8. The van der Waals surface area contributed by atoms with Gasteiger partial charge in [-0.2, -0.15) is 0 Å². The zero-order chi connectivity index (χ0) is 12.3. The SMILES string of the molecule is Oc1cc(F)ccc1C=Nc1ncccc1Br. The van der Waals surface area contributed by atoms with Crippen molar-refractivity contribution >= 4 is 28.0 Å². The summed E-state index contributed by atoms with van der Waals surface area (Å²) in [4.78, 5) is 8.14. The number of aromatic hydroxyl groups is 1. The van der Waals surface area contributed by atoms with Crippen LogP contribution in [0.25, 0.3) is 0 Å². The number of hydrogen-bond donors (Lipinski definition) is 1. The molecule has 0 spiro atoms. The zero-order valence-corrected chi connectivity index (χ0v) is 10.2. The second-order valence-corrected chi connectivity index (χ2v) is 4.12. The summed E-state index contributed by atoms with van der Waals surface area (Å²) in [5, 5.41) is 9.48. The lowest BCUT2D eigenvalue weighted by Crippen LogP contribution is -1.84. The Morgan fingerprint density at radius 3 is 2.88 bits per heavy atom. The lowest BCUT2D eigenvalue weighted by Gasteiger charge is -1.99. The summed E-state index contributed by atoms with van der Waals surface area (Å²) in [6.07, 6.45) is 3.05. The molecule has 0 bridgehead atoms. The van der Waals surface area contributed by atoms with Crippen LogP contribution in [0.15, 0.2) is 46.0 Å². The highest BCUT2D eigenvalue weighted by molar-refractivity contribution is 9.10. The highest BCUT2D eigenvalue weighted by Crippen LogP contribution is 2.22. The summed E-state index contributed by atoms with van der Waals surface area (Å²) in [6, 6.07) is 7.33. The number of benzene rings is 1. The number of nitrogens with zero attached hydrogens (tertiary/aromatic N) is 2. The minimum Gasteiger partial charge on any atom is -0.507 e. The molecule has 0 amide bonds. The van der Waals surface area contributed by atoms with Crippen molar-refractivity contribution in [3.63, 3.8) is 0 Å². The molecule has 0 radical (unpaired) electrons. The summed E-state index contributed by atoms with van der Waals surface area (Å²) in [6.45, 7) is 0. The highest BCUT2D eigenvalue weighted by Gasteiger charge is 2.01. The van der Waals surface area contributed by atoms with Gasteiger partial charge in [-0.3, -0.25) is 0 Å². The number of aliphatic imine (C=N–C) groups is 1. The van der Waals surface area contributed by atoms with Gasteiger partial charge in [-0.25, -0.2) is 14.4 Å². The van der Waals surface area contributed by atoms with E-state index in [9.17, 15) is 9.50 Å². The molecule has 0 fully saturated rings. The summed E-state index contributed by atoms with van der Waals surface area (Å²) in [7, 11) is 0. The normalized spacial score (nSPS) is 10.9. The van der Waals surface area contributed by atoms with Crippen LogP contribution in [-0.4, -0.2) is 16.3 Å². The van der Waals surface area contributed by atoms with Crippen LogP contribution in [0.3, 0.4) is 0 Å². The van der Waals surface area contributed by atoms with Crippen LogP contribution in [-0.2, 0) is 0 Å². The Morgan fingerprint density at radius 2 is 2.18 bits per heavy atom. The van der Waals surface area contributed by atoms with Gasteiger partial charge in [-0.1, -0.05) is 0 Å². The molecule has 1 aromatic carbocycles. The largest absolute Gasteiger partial charge is 0.507 e. The Labute approximate surface area is 106 Å². The van der Waals surface area contributed by atoms with Crippen LogP contribution >= 0.6 is 15.9 Å². The monoisotopic (exact) mass is 294 g/mol. The van der Waals surface area contributed by atoms with E-state index in [-0.39, 0.29) is 5.75 Å². The van der Waals surface area contributed by atoms with Gasteiger partial charge in [0.15, 0.2) is 5.82 Å². The summed E-state index contributed by atoms with van der Waals surface area (Å²) >= 11 is 3.30. The van der Waals surface area contributed by atoms with Crippen molar-refractivity contribution in [2.24, 2.45) is 4.99 Å². The fraction of sp³-hybridized carbons (Fsp3) is 0. The standard InChI is InChI=1S/C12H8BrFN2O/c13-10-2-1-5-15-12(10)16-7-8-3-4-9(14)6-11(8)17/h1-7,17H. The molecule has 0 atom stereocenters. The van der Waals surface area contributed by atoms with Gasteiger partial charge in [0.25, 0.3) is 0 Å². The zero-order valence-electron chi connectivity index (χ0n) is 8.64. The van der Waals surface area contributed by atoms with E-state index in [4.69, 9.17) is 0 Å². The lowest BCUT2D eigenvalue weighted by molar-refractivity contribution is 0.468. The molecule has 0 aliphatic carbocycles. The van der Waals surface area contributed by atoms with E-state index in [1.807, 2.05) is 6.07 Å². The summed E-state index contributed by atoms with van der Waals surface area (Å²) in [5.41, 5.74) is 0.434. The molecule has 0 aliphatic rings.